The van der Waals surface area contributed by atoms with Crippen molar-refractivity contribution in [3.63, 3.8) is 0 Å². The third-order valence-electron chi connectivity index (χ3n) is 2.27. The smallest absolute Gasteiger partial charge is 0.0992 e. The van der Waals surface area contributed by atoms with E-state index >= 15 is 0 Å². The molecule has 0 saturated carbocycles. The Morgan fingerprint density at radius 2 is 2.25 bits per heavy atom. The molecule has 0 radical (unpaired) electrons. The van der Waals surface area contributed by atoms with Crippen LogP contribution in [0.5, 0.6) is 0 Å². The van der Waals surface area contributed by atoms with Gasteiger partial charge in [0.1, 0.15) is 0 Å². The zero-order valence-electron chi connectivity index (χ0n) is 9.49. The normalized spacial score (nSPS) is 9.75. The van der Waals surface area contributed by atoms with E-state index in [1.165, 1.54) is 0 Å². The molecule has 0 atom stereocenters. The van der Waals surface area contributed by atoms with Crippen molar-refractivity contribution in [2.45, 2.75) is 12.8 Å². The number of ether oxygens (including phenoxy) is 1. The maximum atomic E-state index is 8.69. The number of nitrogens with two attached hydrogens (primary N) is 1. The molecule has 1 aromatic carbocycles. The van der Waals surface area contributed by atoms with E-state index in [1.54, 1.807) is 19.2 Å². The number of methoxy groups -OCH3 is 1. The van der Waals surface area contributed by atoms with E-state index in [-0.39, 0.29) is 0 Å². The summed E-state index contributed by atoms with van der Waals surface area (Å²) in [5.74, 6) is 0. The number of hydrogen-bond acceptors (Lipinski definition) is 4. The molecule has 0 unspecified atom stereocenters. The summed E-state index contributed by atoms with van der Waals surface area (Å²) >= 11 is 0. The number of anilines is 2. The lowest BCUT2D eigenvalue weighted by atomic mass is 10.2. The highest BCUT2D eigenvalue weighted by Gasteiger charge is 1.99. The molecule has 0 amide bonds. The van der Waals surface area contributed by atoms with E-state index in [4.69, 9.17) is 15.7 Å². The number of rotatable bonds is 6. The van der Waals surface area contributed by atoms with Crippen LogP contribution in [0.2, 0.25) is 0 Å². The fraction of sp³-hybridized carbons (Fsp3) is 0.417. The molecule has 0 saturated heterocycles. The third kappa shape index (κ3) is 3.79. The van der Waals surface area contributed by atoms with Crippen molar-refractivity contribution in [2.24, 2.45) is 0 Å². The second-order valence-corrected chi connectivity index (χ2v) is 3.54. The molecule has 0 fully saturated rings. The zero-order valence-corrected chi connectivity index (χ0v) is 9.49. The predicted octanol–water partition coefficient (Wildman–Crippen LogP) is 1.98. The van der Waals surface area contributed by atoms with E-state index < -0.39 is 0 Å². The highest BCUT2D eigenvalue weighted by atomic mass is 16.5. The van der Waals surface area contributed by atoms with Crippen molar-refractivity contribution in [2.75, 3.05) is 31.3 Å². The highest BCUT2D eigenvalue weighted by molar-refractivity contribution is 5.68. The fourth-order valence-electron chi connectivity index (χ4n) is 1.39. The van der Waals surface area contributed by atoms with Crippen molar-refractivity contribution in [1.82, 2.24) is 0 Å². The molecule has 0 aliphatic carbocycles. The van der Waals surface area contributed by atoms with Crippen LogP contribution in [0, 0.1) is 11.3 Å². The molecule has 1 rings (SSSR count). The number of unbranched alkanes of at least 4 members (excludes halogenated alkanes) is 1. The summed E-state index contributed by atoms with van der Waals surface area (Å²) in [6.45, 7) is 1.64. The summed E-state index contributed by atoms with van der Waals surface area (Å²) in [7, 11) is 1.70. The maximum Gasteiger partial charge on any atom is 0.0992 e. The van der Waals surface area contributed by atoms with Gasteiger partial charge >= 0.3 is 0 Å². The van der Waals surface area contributed by atoms with Gasteiger partial charge in [0.15, 0.2) is 0 Å². The Kier molecular flexibility index (Phi) is 5.17. The molecule has 16 heavy (non-hydrogen) atoms. The summed E-state index contributed by atoms with van der Waals surface area (Å²) in [6, 6.07) is 7.33. The zero-order chi connectivity index (χ0) is 11.8. The largest absolute Gasteiger partial charge is 0.397 e. The monoisotopic (exact) mass is 219 g/mol. The lowest BCUT2D eigenvalue weighted by Gasteiger charge is -2.09. The minimum Gasteiger partial charge on any atom is -0.397 e. The Bertz CT molecular complexity index is 371. The van der Waals surface area contributed by atoms with Crippen LogP contribution < -0.4 is 11.1 Å². The van der Waals surface area contributed by atoms with Crippen LogP contribution in [-0.4, -0.2) is 20.3 Å². The van der Waals surface area contributed by atoms with Crippen molar-refractivity contribution in [3.05, 3.63) is 23.8 Å². The average Bonchev–Trinajstić information content (AvgIpc) is 2.30. The minimum atomic E-state index is 0.586. The molecule has 4 heteroatoms. The Balaban J connectivity index is 2.40. The summed E-state index contributed by atoms with van der Waals surface area (Å²) in [5.41, 5.74) is 7.89. The molecular weight excluding hydrogens is 202 g/mol. The second-order valence-electron chi connectivity index (χ2n) is 3.54. The van der Waals surface area contributed by atoms with Gasteiger partial charge in [0.2, 0.25) is 0 Å². The van der Waals surface area contributed by atoms with Crippen LogP contribution in [-0.2, 0) is 4.74 Å². The van der Waals surface area contributed by atoms with E-state index in [0.29, 0.717) is 11.3 Å². The van der Waals surface area contributed by atoms with Gasteiger partial charge in [-0.15, -0.1) is 0 Å². The van der Waals surface area contributed by atoms with Gasteiger partial charge in [-0.1, -0.05) is 0 Å². The van der Waals surface area contributed by atoms with Gasteiger partial charge in [0.05, 0.1) is 23.0 Å². The summed E-state index contributed by atoms with van der Waals surface area (Å²) < 4.78 is 4.96. The molecule has 1 aromatic rings. The van der Waals surface area contributed by atoms with E-state index in [1.807, 2.05) is 6.07 Å². The predicted molar refractivity (Wildman–Crippen MR) is 65.2 cm³/mol. The average molecular weight is 219 g/mol. The summed E-state index contributed by atoms with van der Waals surface area (Å²) in [4.78, 5) is 0. The lowest BCUT2D eigenvalue weighted by molar-refractivity contribution is 0.194. The van der Waals surface area contributed by atoms with Crippen LogP contribution in [0.3, 0.4) is 0 Å². The van der Waals surface area contributed by atoms with Gasteiger partial charge in [-0.25, -0.2) is 0 Å². The molecular formula is C12H17N3O. The fourth-order valence-corrected chi connectivity index (χ4v) is 1.39. The van der Waals surface area contributed by atoms with Gasteiger partial charge < -0.3 is 15.8 Å². The molecule has 3 N–H and O–H groups in total. The number of nitrogen functional groups attached to an aromatic ring is 1. The maximum absolute atomic E-state index is 8.69. The molecule has 4 nitrogen and oxygen atoms in total. The third-order valence-corrected chi connectivity index (χ3v) is 2.27. The summed E-state index contributed by atoms with van der Waals surface area (Å²) in [5, 5.41) is 11.9. The molecule has 0 aliphatic heterocycles. The van der Waals surface area contributed by atoms with Crippen molar-refractivity contribution in [1.29, 1.82) is 5.26 Å². The summed E-state index contributed by atoms with van der Waals surface area (Å²) in [6.07, 6.45) is 2.06. The standard InChI is InChI=1S/C12H17N3O/c1-16-7-3-2-6-15-12-5-4-10(9-13)8-11(12)14/h4-5,8,15H,2-3,6-7,14H2,1H3. The van der Waals surface area contributed by atoms with Crippen LogP contribution in [0.25, 0.3) is 0 Å². The van der Waals surface area contributed by atoms with Crippen molar-refractivity contribution >= 4 is 11.4 Å². The number of nitriles is 1. The van der Waals surface area contributed by atoms with E-state index in [2.05, 4.69) is 11.4 Å². The van der Waals surface area contributed by atoms with Gasteiger partial charge in [-0.2, -0.15) is 5.26 Å². The first-order valence-electron chi connectivity index (χ1n) is 5.30. The quantitative estimate of drug-likeness (QED) is 0.567. The first-order valence-corrected chi connectivity index (χ1v) is 5.30. The topological polar surface area (TPSA) is 71.1 Å². The van der Waals surface area contributed by atoms with Crippen LogP contribution in [0.15, 0.2) is 18.2 Å². The second kappa shape index (κ2) is 6.70. The highest BCUT2D eigenvalue weighted by Crippen LogP contribution is 2.19. The first-order chi connectivity index (χ1) is 7.77. The van der Waals surface area contributed by atoms with Gasteiger partial charge in [0, 0.05) is 20.3 Å². The number of nitrogens with zero attached hydrogens (tertiary/aromatic N) is 1. The molecule has 0 heterocycles. The van der Waals surface area contributed by atoms with Gasteiger partial charge in [0.25, 0.3) is 0 Å². The first kappa shape index (κ1) is 12.3. The van der Waals surface area contributed by atoms with Crippen LogP contribution in [0.1, 0.15) is 18.4 Å². The number of hydrogen-bond donors (Lipinski definition) is 2. The van der Waals surface area contributed by atoms with Crippen LogP contribution in [0.4, 0.5) is 11.4 Å². The Morgan fingerprint density at radius 1 is 1.44 bits per heavy atom. The number of benzene rings is 1. The molecule has 0 aromatic heterocycles. The lowest BCUT2D eigenvalue weighted by Crippen LogP contribution is -2.05. The Hall–Kier alpha value is -1.73. The molecule has 0 aliphatic rings. The number of nitrogens with one attached hydrogen (secondary N) is 1. The minimum absolute atomic E-state index is 0.586. The molecule has 0 spiro atoms. The molecule has 0 bridgehead atoms. The van der Waals surface area contributed by atoms with E-state index in [0.717, 1.165) is 31.7 Å². The molecule has 86 valence electrons. The van der Waals surface area contributed by atoms with Gasteiger partial charge in [-0.3, -0.25) is 0 Å². The Labute approximate surface area is 96.0 Å². The van der Waals surface area contributed by atoms with Crippen molar-refractivity contribution in [3.8, 4) is 6.07 Å². The van der Waals surface area contributed by atoms with Crippen LogP contribution >= 0.6 is 0 Å². The Morgan fingerprint density at radius 3 is 2.88 bits per heavy atom. The van der Waals surface area contributed by atoms with Crippen molar-refractivity contribution < 1.29 is 4.74 Å². The van der Waals surface area contributed by atoms with Gasteiger partial charge in [-0.05, 0) is 31.0 Å². The SMILES string of the molecule is COCCCCNc1ccc(C#N)cc1N. The van der Waals surface area contributed by atoms with E-state index in [9.17, 15) is 0 Å².